The largest absolute Gasteiger partial charge is 0.356 e. The normalized spacial score (nSPS) is 11.5. The van der Waals surface area contributed by atoms with E-state index in [1.165, 1.54) is 19.3 Å². The third-order valence-electron chi connectivity index (χ3n) is 2.87. The molecule has 0 fully saturated rings. The summed E-state index contributed by atoms with van der Waals surface area (Å²) in [6.45, 7) is 7.64. The minimum Gasteiger partial charge on any atom is -0.356 e. The van der Waals surface area contributed by atoms with Crippen molar-refractivity contribution in [1.29, 1.82) is 0 Å². The first-order valence-electron chi connectivity index (χ1n) is 6.74. The summed E-state index contributed by atoms with van der Waals surface area (Å²) in [7, 11) is 0. The number of nitrogens with zero attached hydrogens (tertiary/aromatic N) is 2. The molecular weight excluding hydrogens is 226 g/mol. The number of aryl methyl sites for hydroxylation is 1. The monoisotopic (exact) mass is 251 g/mol. The van der Waals surface area contributed by atoms with Crippen LogP contribution in [0, 0.1) is 5.41 Å². The molecule has 1 amide bonds. The summed E-state index contributed by atoms with van der Waals surface area (Å²) in [6, 6.07) is 0. The molecule has 1 aromatic rings. The van der Waals surface area contributed by atoms with Gasteiger partial charge in [-0.1, -0.05) is 33.6 Å². The lowest BCUT2D eigenvalue weighted by Gasteiger charge is -2.17. The molecule has 1 rings (SSSR count). The van der Waals surface area contributed by atoms with Gasteiger partial charge in [-0.25, -0.2) is 4.98 Å². The molecule has 18 heavy (non-hydrogen) atoms. The van der Waals surface area contributed by atoms with Crippen LogP contribution in [0.25, 0.3) is 0 Å². The molecular formula is C14H25N3O. The number of hydrogen-bond donors (Lipinski definition) is 1. The van der Waals surface area contributed by atoms with Crippen LogP contribution < -0.4 is 5.32 Å². The minimum absolute atomic E-state index is 0.140. The molecule has 1 aromatic heterocycles. The lowest BCUT2D eigenvalue weighted by Crippen LogP contribution is -2.35. The van der Waals surface area contributed by atoms with Gasteiger partial charge in [0.2, 0.25) is 5.91 Å². The Bertz CT molecular complexity index is 338. The summed E-state index contributed by atoms with van der Waals surface area (Å²) in [5.41, 5.74) is -0.276. The second-order valence-corrected chi connectivity index (χ2v) is 5.72. The quantitative estimate of drug-likeness (QED) is 0.757. The average Bonchev–Trinajstić information content (AvgIpc) is 2.79. The third kappa shape index (κ3) is 5.84. The maximum atomic E-state index is 11.6. The second-order valence-electron chi connectivity index (χ2n) is 5.72. The molecule has 0 aliphatic rings. The van der Waals surface area contributed by atoms with Crippen molar-refractivity contribution in [3.63, 3.8) is 0 Å². The van der Waals surface area contributed by atoms with Gasteiger partial charge < -0.3 is 9.88 Å². The molecule has 0 aliphatic heterocycles. The molecule has 0 bridgehead atoms. The van der Waals surface area contributed by atoms with E-state index in [1.807, 2.05) is 39.5 Å². The van der Waals surface area contributed by atoms with Crippen molar-refractivity contribution in [3.05, 3.63) is 18.7 Å². The maximum absolute atomic E-state index is 11.6. The summed E-state index contributed by atoms with van der Waals surface area (Å²) < 4.78 is 2.10. The van der Waals surface area contributed by atoms with Crippen LogP contribution >= 0.6 is 0 Å². The highest BCUT2D eigenvalue weighted by molar-refractivity contribution is 5.81. The van der Waals surface area contributed by atoms with Gasteiger partial charge in [-0.05, 0) is 12.8 Å². The Morgan fingerprint density at radius 2 is 1.94 bits per heavy atom. The van der Waals surface area contributed by atoms with Gasteiger partial charge in [0, 0.05) is 30.9 Å². The van der Waals surface area contributed by atoms with Crippen molar-refractivity contribution < 1.29 is 4.79 Å². The fourth-order valence-electron chi connectivity index (χ4n) is 1.66. The molecule has 0 saturated carbocycles. The van der Waals surface area contributed by atoms with E-state index in [-0.39, 0.29) is 11.3 Å². The third-order valence-corrected chi connectivity index (χ3v) is 2.87. The van der Waals surface area contributed by atoms with Crippen LogP contribution in [0.15, 0.2) is 18.7 Å². The number of unbranched alkanes of at least 4 members (excludes halogenated alkanes) is 3. The topological polar surface area (TPSA) is 46.9 Å². The molecule has 4 heteroatoms. The zero-order valence-corrected chi connectivity index (χ0v) is 11.8. The Morgan fingerprint density at radius 1 is 1.22 bits per heavy atom. The van der Waals surface area contributed by atoms with Gasteiger partial charge in [0.15, 0.2) is 0 Å². The zero-order valence-electron chi connectivity index (χ0n) is 11.8. The average molecular weight is 251 g/mol. The van der Waals surface area contributed by atoms with Gasteiger partial charge >= 0.3 is 0 Å². The van der Waals surface area contributed by atoms with Crippen molar-refractivity contribution in [1.82, 2.24) is 14.9 Å². The lowest BCUT2D eigenvalue weighted by molar-refractivity contribution is -0.128. The van der Waals surface area contributed by atoms with Crippen LogP contribution in [0.3, 0.4) is 0 Å². The van der Waals surface area contributed by atoms with Gasteiger partial charge in [0.25, 0.3) is 0 Å². The number of aromatic nitrogens is 2. The predicted octanol–water partition coefficient (Wildman–Crippen LogP) is 2.61. The summed E-state index contributed by atoms with van der Waals surface area (Å²) in [5, 5.41) is 2.97. The van der Waals surface area contributed by atoms with Gasteiger partial charge in [-0.3, -0.25) is 4.79 Å². The van der Waals surface area contributed by atoms with Crippen LogP contribution in [0.4, 0.5) is 0 Å². The summed E-state index contributed by atoms with van der Waals surface area (Å²) in [4.78, 5) is 15.6. The maximum Gasteiger partial charge on any atom is 0.225 e. The smallest absolute Gasteiger partial charge is 0.225 e. The number of imidazole rings is 1. The van der Waals surface area contributed by atoms with E-state index in [0.717, 1.165) is 19.5 Å². The Hall–Kier alpha value is -1.32. The first-order chi connectivity index (χ1) is 8.50. The molecule has 0 unspecified atom stereocenters. The summed E-state index contributed by atoms with van der Waals surface area (Å²) >= 11 is 0. The van der Waals surface area contributed by atoms with E-state index in [4.69, 9.17) is 0 Å². The highest BCUT2D eigenvalue weighted by Gasteiger charge is 2.19. The first kappa shape index (κ1) is 14.7. The van der Waals surface area contributed by atoms with Crippen molar-refractivity contribution in [2.75, 3.05) is 6.54 Å². The molecule has 102 valence electrons. The molecule has 0 radical (unpaired) electrons. The lowest BCUT2D eigenvalue weighted by atomic mass is 9.96. The van der Waals surface area contributed by atoms with Crippen molar-refractivity contribution >= 4 is 5.91 Å². The highest BCUT2D eigenvalue weighted by Crippen LogP contribution is 2.12. The molecule has 1 heterocycles. The number of rotatable bonds is 7. The van der Waals surface area contributed by atoms with Crippen LogP contribution in [0.2, 0.25) is 0 Å². The molecule has 0 aliphatic carbocycles. The van der Waals surface area contributed by atoms with E-state index in [1.54, 1.807) is 0 Å². The first-order valence-corrected chi connectivity index (χ1v) is 6.74. The highest BCUT2D eigenvalue weighted by atomic mass is 16.2. The van der Waals surface area contributed by atoms with Crippen LogP contribution in [0.5, 0.6) is 0 Å². The fourth-order valence-corrected chi connectivity index (χ4v) is 1.66. The van der Waals surface area contributed by atoms with Crippen LogP contribution in [-0.2, 0) is 11.3 Å². The molecule has 0 atom stereocenters. The molecule has 1 N–H and O–H groups in total. The standard InChI is InChI=1S/C14H25N3O/c1-14(2,3)13(18)16-8-6-4-5-7-10-17-11-9-15-12-17/h9,11-12H,4-8,10H2,1-3H3,(H,16,18). The fraction of sp³-hybridized carbons (Fsp3) is 0.714. The SMILES string of the molecule is CC(C)(C)C(=O)NCCCCCCn1ccnc1. The number of carbonyl (C=O) groups is 1. The predicted molar refractivity (Wildman–Crippen MR) is 73.2 cm³/mol. The Balaban J connectivity index is 1.95. The second kappa shape index (κ2) is 7.19. The van der Waals surface area contributed by atoms with E-state index in [2.05, 4.69) is 14.9 Å². The van der Waals surface area contributed by atoms with Crippen LogP contribution in [-0.4, -0.2) is 22.0 Å². The number of carbonyl (C=O) groups excluding carboxylic acids is 1. The van der Waals surface area contributed by atoms with E-state index < -0.39 is 0 Å². The van der Waals surface area contributed by atoms with Gasteiger partial charge in [0.05, 0.1) is 6.33 Å². The van der Waals surface area contributed by atoms with E-state index in [0.29, 0.717) is 0 Å². The van der Waals surface area contributed by atoms with Crippen molar-refractivity contribution in [2.24, 2.45) is 5.41 Å². The molecule has 4 nitrogen and oxygen atoms in total. The van der Waals surface area contributed by atoms with Gasteiger partial charge in [-0.2, -0.15) is 0 Å². The van der Waals surface area contributed by atoms with Gasteiger partial charge in [0.1, 0.15) is 0 Å². The van der Waals surface area contributed by atoms with Crippen LogP contribution in [0.1, 0.15) is 46.5 Å². The van der Waals surface area contributed by atoms with Crippen molar-refractivity contribution in [3.8, 4) is 0 Å². The molecule has 0 spiro atoms. The summed E-state index contributed by atoms with van der Waals surface area (Å²) in [5.74, 6) is 0.140. The molecule has 0 aromatic carbocycles. The van der Waals surface area contributed by atoms with Gasteiger partial charge in [-0.15, -0.1) is 0 Å². The number of amides is 1. The Kier molecular flexibility index (Phi) is 5.89. The van der Waals surface area contributed by atoms with E-state index >= 15 is 0 Å². The van der Waals surface area contributed by atoms with Crippen molar-refractivity contribution in [2.45, 2.75) is 53.0 Å². The zero-order chi connectivity index (χ0) is 13.4. The Labute approximate surface area is 110 Å². The molecule has 0 saturated heterocycles. The summed E-state index contributed by atoms with van der Waals surface area (Å²) in [6.07, 6.45) is 10.2. The number of hydrogen-bond acceptors (Lipinski definition) is 2. The number of nitrogens with one attached hydrogen (secondary N) is 1. The van der Waals surface area contributed by atoms with E-state index in [9.17, 15) is 4.79 Å². The minimum atomic E-state index is -0.276. The Morgan fingerprint density at radius 3 is 2.56 bits per heavy atom.